The molecule has 3 aromatic rings. The third-order valence-electron chi connectivity index (χ3n) is 7.41. The molecule has 1 aliphatic heterocycles. The van der Waals surface area contributed by atoms with Crippen molar-refractivity contribution in [3.63, 3.8) is 0 Å². The number of benzene rings is 2. The van der Waals surface area contributed by atoms with Crippen LogP contribution in [0.4, 0.5) is 19.6 Å². The number of nitrogens with zero attached hydrogens (tertiary/aromatic N) is 2. The number of ether oxygens (including phenoxy) is 2. The number of carbonyl (C=O) groups excluding carboxylic acids is 2. The van der Waals surface area contributed by atoms with E-state index in [1.165, 1.54) is 35.5 Å². The lowest BCUT2D eigenvalue weighted by atomic mass is 9.87. The molecule has 5 rings (SSSR count). The summed E-state index contributed by atoms with van der Waals surface area (Å²) in [6, 6.07) is 10.1. The summed E-state index contributed by atoms with van der Waals surface area (Å²) in [6.07, 6.45) is 2.28. The van der Waals surface area contributed by atoms with Gasteiger partial charge in [-0.15, -0.1) is 0 Å². The van der Waals surface area contributed by atoms with E-state index in [0.29, 0.717) is 49.6 Å². The lowest BCUT2D eigenvalue weighted by Crippen LogP contribution is -2.54. The number of thiazole rings is 1. The Hall–Kier alpha value is -2.66. The number of alkyl halides is 1. The molecule has 39 heavy (non-hydrogen) atoms. The van der Waals surface area contributed by atoms with Gasteiger partial charge >= 0.3 is 11.9 Å². The number of anilines is 2. The largest absolute Gasteiger partial charge is 0.469 e. The lowest BCUT2D eigenvalue weighted by Gasteiger charge is -2.37. The summed E-state index contributed by atoms with van der Waals surface area (Å²) in [4.78, 5) is 31.1. The number of Topliss-reactive ketones (excluding diaryl/α,β-unsaturated/α-hetero) is 1. The Morgan fingerprint density at radius 1 is 1.18 bits per heavy atom. The van der Waals surface area contributed by atoms with Gasteiger partial charge in [-0.25, -0.2) is 14.3 Å². The second-order valence-electron chi connectivity index (χ2n) is 10.0. The fraction of sp³-hybridized carbons (Fsp3) is 0.464. The van der Waals surface area contributed by atoms with Gasteiger partial charge in [0.05, 0.1) is 40.1 Å². The monoisotopic (exact) mass is 577 g/mol. The number of carbonyl (C=O) groups is 2. The first-order chi connectivity index (χ1) is 18.8. The highest BCUT2D eigenvalue weighted by atomic mass is 35.5. The molecule has 2 heterocycles. The van der Waals surface area contributed by atoms with E-state index in [1.807, 2.05) is 24.3 Å². The van der Waals surface area contributed by atoms with Crippen molar-refractivity contribution in [2.45, 2.75) is 57.0 Å². The van der Waals surface area contributed by atoms with Gasteiger partial charge in [-0.3, -0.25) is 9.59 Å². The zero-order valence-corrected chi connectivity index (χ0v) is 23.1. The van der Waals surface area contributed by atoms with Crippen LogP contribution in [-0.4, -0.2) is 53.9 Å². The zero-order chi connectivity index (χ0) is 27.6. The first kappa shape index (κ1) is 27.9. The molecule has 0 amide bonds. The minimum Gasteiger partial charge on any atom is -0.469 e. The van der Waals surface area contributed by atoms with Crippen LogP contribution in [0.25, 0.3) is 10.2 Å². The Bertz CT molecular complexity index is 1320. The number of methoxy groups -OCH3 is 1. The van der Waals surface area contributed by atoms with Gasteiger partial charge in [0, 0.05) is 19.5 Å². The van der Waals surface area contributed by atoms with E-state index in [0.717, 1.165) is 23.1 Å². The summed E-state index contributed by atoms with van der Waals surface area (Å²) in [5, 5.41) is 3.77. The van der Waals surface area contributed by atoms with Crippen molar-refractivity contribution >= 4 is 55.7 Å². The molecule has 7 nitrogen and oxygen atoms in total. The Kier molecular flexibility index (Phi) is 8.46. The number of hydrogen-bond donors (Lipinski definition) is 1. The Labute approximate surface area is 234 Å². The summed E-state index contributed by atoms with van der Waals surface area (Å²) in [7, 11) is 1.35. The molecule has 1 saturated carbocycles. The molecule has 1 N–H and O–H groups in total. The maximum absolute atomic E-state index is 16.5. The van der Waals surface area contributed by atoms with Crippen LogP contribution >= 0.6 is 22.9 Å². The zero-order valence-electron chi connectivity index (χ0n) is 21.6. The Balaban J connectivity index is 1.30. The number of likely N-dealkylation sites (tertiary alicyclic amines) is 1. The van der Waals surface area contributed by atoms with E-state index >= 15 is 8.78 Å². The van der Waals surface area contributed by atoms with E-state index in [2.05, 4.69) is 10.3 Å². The molecule has 1 atom stereocenters. The first-order valence-corrected chi connectivity index (χ1v) is 14.3. The van der Waals surface area contributed by atoms with Gasteiger partial charge in [-0.2, -0.15) is 4.39 Å². The van der Waals surface area contributed by atoms with E-state index < -0.39 is 30.1 Å². The molecule has 2 aromatic carbocycles. The summed E-state index contributed by atoms with van der Waals surface area (Å²) in [5.74, 6) is -4.78. The number of nitrogens with one attached hydrogen (secondary N) is 1. The number of rotatable bonds is 9. The minimum atomic E-state index is -2.68. The van der Waals surface area contributed by atoms with Crippen molar-refractivity contribution in [2.75, 3.05) is 25.5 Å². The second kappa shape index (κ2) is 11.8. The average Bonchev–Trinajstić information content (AvgIpc) is 3.62. The molecule has 2 aliphatic rings. The number of esters is 1. The van der Waals surface area contributed by atoms with E-state index in [4.69, 9.17) is 21.1 Å². The summed E-state index contributed by atoms with van der Waals surface area (Å²) >= 11 is 7.85. The molecule has 1 aliphatic carbocycles. The first-order valence-electron chi connectivity index (χ1n) is 13.1. The molecule has 2 fully saturated rings. The van der Waals surface area contributed by atoms with Crippen LogP contribution in [0.5, 0.6) is 0 Å². The third kappa shape index (κ3) is 6.09. The van der Waals surface area contributed by atoms with Crippen molar-refractivity contribution in [2.24, 2.45) is 5.92 Å². The van der Waals surface area contributed by atoms with Crippen LogP contribution < -0.4 is 5.32 Å². The van der Waals surface area contributed by atoms with Gasteiger partial charge in [0.1, 0.15) is 5.82 Å². The van der Waals surface area contributed by atoms with Crippen molar-refractivity contribution in [1.29, 1.82) is 0 Å². The second-order valence-corrected chi connectivity index (χ2v) is 11.4. The highest BCUT2D eigenvalue weighted by molar-refractivity contribution is 7.22. The van der Waals surface area contributed by atoms with Gasteiger partial charge in [-0.1, -0.05) is 35.1 Å². The molecular weight excluding hydrogens is 548 g/mol. The summed E-state index contributed by atoms with van der Waals surface area (Å²) in [6.45, 7) is 0.738. The van der Waals surface area contributed by atoms with Gasteiger partial charge in [0.2, 0.25) is 5.78 Å². The standard InChI is InChI=1S/C28H30ClF2N3O4S/c1-37-26(36)17-8-10-19(11-9-17)38-28(31,34-12-4-5-13-34)25(35)15-18-14-20(29)23(16-21(18)30)33-27-32-22-6-2-3-7-24(22)39-27/h2-3,6-7,14,16-17,19H,4-5,8-13,15H2,1H3,(H,32,33). The van der Waals surface area contributed by atoms with Crippen LogP contribution in [0.2, 0.25) is 5.02 Å². The number of fused-ring (bicyclic) bond motifs is 1. The normalized spacial score (nSPS) is 21.5. The number of ketones is 1. The Morgan fingerprint density at radius 3 is 2.59 bits per heavy atom. The van der Waals surface area contributed by atoms with Crippen molar-refractivity contribution in [3.8, 4) is 0 Å². The summed E-state index contributed by atoms with van der Waals surface area (Å²) < 4.78 is 43.3. The molecular formula is C28H30ClF2N3O4S. The smallest absolute Gasteiger partial charge is 0.330 e. The van der Waals surface area contributed by atoms with Crippen LogP contribution in [0, 0.1) is 11.7 Å². The van der Waals surface area contributed by atoms with Gasteiger partial charge in [-0.05, 0) is 68.4 Å². The maximum Gasteiger partial charge on any atom is 0.330 e. The highest BCUT2D eigenvalue weighted by Crippen LogP contribution is 2.36. The molecule has 1 aromatic heterocycles. The third-order valence-corrected chi connectivity index (χ3v) is 8.68. The SMILES string of the molecule is COC(=O)C1CCC(OC(F)(C(=O)Cc2cc(Cl)c(Nc3nc4ccccc4s3)cc2F)N2CCCC2)CC1. The van der Waals surface area contributed by atoms with Gasteiger partial charge in [0.25, 0.3) is 0 Å². The fourth-order valence-corrected chi connectivity index (χ4v) is 6.38. The number of hydrogen-bond acceptors (Lipinski definition) is 8. The van der Waals surface area contributed by atoms with Gasteiger partial charge < -0.3 is 14.8 Å². The van der Waals surface area contributed by atoms with Crippen LogP contribution in [0.1, 0.15) is 44.1 Å². The topological polar surface area (TPSA) is 80.8 Å². The minimum absolute atomic E-state index is 0.0147. The molecule has 0 radical (unpaired) electrons. The van der Waals surface area contributed by atoms with Crippen molar-refractivity contribution in [3.05, 3.63) is 52.8 Å². The predicted octanol–water partition coefficient (Wildman–Crippen LogP) is 6.41. The van der Waals surface area contributed by atoms with Crippen LogP contribution in [-0.2, 0) is 25.5 Å². The van der Waals surface area contributed by atoms with Gasteiger partial charge in [0.15, 0.2) is 5.13 Å². The Morgan fingerprint density at radius 2 is 1.90 bits per heavy atom. The fourth-order valence-electron chi connectivity index (χ4n) is 5.27. The van der Waals surface area contributed by atoms with E-state index in [1.54, 1.807) is 0 Å². The van der Waals surface area contributed by atoms with E-state index in [9.17, 15) is 9.59 Å². The van der Waals surface area contributed by atoms with Crippen molar-refractivity contribution < 1.29 is 27.8 Å². The molecule has 1 saturated heterocycles. The number of para-hydroxylation sites is 1. The molecule has 11 heteroatoms. The quantitative estimate of drug-likeness (QED) is 0.232. The van der Waals surface area contributed by atoms with Crippen LogP contribution in [0.3, 0.4) is 0 Å². The lowest BCUT2D eigenvalue weighted by molar-refractivity contribution is -0.252. The van der Waals surface area contributed by atoms with E-state index in [-0.39, 0.29) is 22.5 Å². The number of halogens is 3. The van der Waals surface area contributed by atoms with Crippen molar-refractivity contribution in [1.82, 2.24) is 9.88 Å². The van der Waals surface area contributed by atoms with Crippen LogP contribution in [0.15, 0.2) is 36.4 Å². The molecule has 0 bridgehead atoms. The molecule has 1 unspecified atom stereocenters. The predicted molar refractivity (Wildman–Crippen MR) is 147 cm³/mol. The summed E-state index contributed by atoms with van der Waals surface area (Å²) in [5.41, 5.74) is 1.09. The number of aromatic nitrogens is 1. The maximum atomic E-state index is 16.5. The highest BCUT2D eigenvalue weighted by Gasteiger charge is 2.49. The molecule has 0 spiro atoms. The average molecular weight is 578 g/mol. The molecule has 208 valence electrons.